The van der Waals surface area contributed by atoms with E-state index in [-0.39, 0.29) is 11.8 Å². The van der Waals surface area contributed by atoms with Crippen molar-refractivity contribution < 1.29 is 9.13 Å². The van der Waals surface area contributed by atoms with Gasteiger partial charge in [0.05, 0.1) is 6.04 Å². The SMILES string of the molecule is CCCN1C(=S)NC2CC1(C)Oc1c(F)cc(Cl)cc12. The Labute approximate surface area is 128 Å². The summed E-state index contributed by atoms with van der Waals surface area (Å²) in [5.41, 5.74) is 0.135. The van der Waals surface area contributed by atoms with Crippen LogP contribution in [-0.2, 0) is 0 Å². The Bertz CT molecular complexity index is 583. The fraction of sp³-hybridized carbons (Fsp3) is 0.500. The first kappa shape index (κ1) is 13.9. The molecule has 2 heterocycles. The van der Waals surface area contributed by atoms with E-state index in [0.29, 0.717) is 16.6 Å². The van der Waals surface area contributed by atoms with Gasteiger partial charge in [-0.2, -0.15) is 0 Å². The van der Waals surface area contributed by atoms with Crippen molar-refractivity contribution in [1.29, 1.82) is 0 Å². The zero-order valence-corrected chi connectivity index (χ0v) is 12.9. The van der Waals surface area contributed by atoms with Crippen molar-refractivity contribution >= 4 is 28.9 Å². The second-order valence-corrected chi connectivity index (χ2v) is 6.26. The molecule has 2 atom stereocenters. The summed E-state index contributed by atoms with van der Waals surface area (Å²) in [5, 5.41) is 4.29. The first-order valence-corrected chi connectivity index (χ1v) is 7.49. The average Bonchev–Trinajstić information content (AvgIpc) is 2.36. The molecule has 0 aliphatic carbocycles. The lowest BCUT2D eigenvalue weighted by atomic mass is 9.90. The van der Waals surface area contributed by atoms with E-state index in [1.165, 1.54) is 6.07 Å². The molecule has 1 aromatic rings. The maximum absolute atomic E-state index is 14.1. The molecular weight excluding hydrogens is 299 g/mol. The van der Waals surface area contributed by atoms with Crippen LogP contribution in [0.3, 0.4) is 0 Å². The van der Waals surface area contributed by atoms with Crippen molar-refractivity contribution in [3.63, 3.8) is 0 Å². The number of benzene rings is 1. The van der Waals surface area contributed by atoms with E-state index >= 15 is 0 Å². The lowest BCUT2D eigenvalue weighted by molar-refractivity contribution is -0.0705. The maximum Gasteiger partial charge on any atom is 0.184 e. The number of hydrogen-bond donors (Lipinski definition) is 1. The molecule has 1 N–H and O–H groups in total. The van der Waals surface area contributed by atoms with Crippen LogP contribution in [0.2, 0.25) is 5.02 Å². The molecule has 6 heteroatoms. The first-order chi connectivity index (χ1) is 9.44. The monoisotopic (exact) mass is 314 g/mol. The number of thiocarbonyl (C=S) groups is 1. The van der Waals surface area contributed by atoms with Gasteiger partial charge >= 0.3 is 0 Å². The number of nitrogens with zero attached hydrogens (tertiary/aromatic N) is 1. The molecule has 2 unspecified atom stereocenters. The lowest BCUT2D eigenvalue weighted by Gasteiger charge is -2.52. The Morgan fingerprint density at radius 3 is 3.05 bits per heavy atom. The Morgan fingerprint density at radius 1 is 1.60 bits per heavy atom. The topological polar surface area (TPSA) is 24.5 Å². The van der Waals surface area contributed by atoms with E-state index in [4.69, 9.17) is 28.6 Å². The third-order valence-corrected chi connectivity index (χ3v) is 4.43. The van der Waals surface area contributed by atoms with Gasteiger partial charge in [-0.3, -0.25) is 0 Å². The molecule has 20 heavy (non-hydrogen) atoms. The highest BCUT2D eigenvalue weighted by Crippen LogP contribution is 2.46. The van der Waals surface area contributed by atoms with Crippen molar-refractivity contribution in [3.8, 4) is 5.75 Å². The van der Waals surface area contributed by atoms with E-state index < -0.39 is 11.5 Å². The molecule has 2 bridgehead atoms. The van der Waals surface area contributed by atoms with E-state index in [1.54, 1.807) is 6.07 Å². The molecule has 2 aliphatic rings. The van der Waals surface area contributed by atoms with Gasteiger partial charge in [-0.1, -0.05) is 18.5 Å². The molecule has 3 rings (SSSR count). The van der Waals surface area contributed by atoms with Crippen LogP contribution >= 0.6 is 23.8 Å². The maximum atomic E-state index is 14.1. The second kappa shape index (κ2) is 4.74. The van der Waals surface area contributed by atoms with Crippen LogP contribution in [0.15, 0.2) is 12.1 Å². The molecule has 0 radical (unpaired) electrons. The molecule has 2 aliphatic heterocycles. The third-order valence-electron chi connectivity index (χ3n) is 3.88. The summed E-state index contributed by atoms with van der Waals surface area (Å²) in [6.07, 6.45) is 1.65. The van der Waals surface area contributed by atoms with Gasteiger partial charge in [0.25, 0.3) is 0 Å². The van der Waals surface area contributed by atoms with Crippen LogP contribution in [0.25, 0.3) is 0 Å². The Kier molecular flexibility index (Phi) is 3.29. The predicted molar refractivity (Wildman–Crippen MR) is 80.5 cm³/mol. The molecule has 0 amide bonds. The number of rotatable bonds is 2. The van der Waals surface area contributed by atoms with Gasteiger partial charge in [0.2, 0.25) is 0 Å². The van der Waals surface area contributed by atoms with Crippen LogP contribution in [-0.4, -0.2) is 22.3 Å². The van der Waals surface area contributed by atoms with E-state index in [2.05, 4.69) is 12.2 Å². The molecule has 0 aromatic heterocycles. The zero-order chi connectivity index (χ0) is 14.5. The quantitative estimate of drug-likeness (QED) is 0.843. The largest absolute Gasteiger partial charge is 0.465 e. The normalized spacial score (nSPS) is 27.7. The summed E-state index contributed by atoms with van der Waals surface area (Å²) in [4.78, 5) is 2.00. The fourth-order valence-corrected chi connectivity index (χ4v) is 3.63. The number of halogens is 2. The molecule has 0 saturated carbocycles. The first-order valence-electron chi connectivity index (χ1n) is 6.70. The van der Waals surface area contributed by atoms with Crippen molar-refractivity contribution in [2.45, 2.75) is 38.5 Å². The Morgan fingerprint density at radius 2 is 2.35 bits per heavy atom. The predicted octanol–water partition coefficient (Wildman–Crippen LogP) is 3.62. The molecule has 1 aromatic carbocycles. The number of nitrogens with one attached hydrogen (secondary N) is 1. The Hall–Kier alpha value is -1.07. The highest BCUT2D eigenvalue weighted by molar-refractivity contribution is 7.80. The minimum absolute atomic E-state index is 0.0578. The standard InChI is InChI=1S/C14H16ClFN2OS/c1-3-4-18-13(20)17-11-7-14(18,2)19-12-9(11)5-8(15)6-10(12)16/h5-6,11H,3-4,7H2,1-2H3,(H,17,20). The molecular formula is C14H16ClFN2OS. The summed E-state index contributed by atoms with van der Waals surface area (Å²) < 4.78 is 20.1. The summed E-state index contributed by atoms with van der Waals surface area (Å²) in [5.74, 6) is -0.140. The van der Waals surface area contributed by atoms with E-state index in [9.17, 15) is 4.39 Å². The van der Waals surface area contributed by atoms with Gasteiger partial charge in [-0.05, 0) is 37.7 Å². The van der Waals surface area contributed by atoms with Gasteiger partial charge in [-0.25, -0.2) is 4.39 Å². The molecule has 0 spiro atoms. The van der Waals surface area contributed by atoms with Crippen molar-refractivity contribution in [1.82, 2.24) is 10.2 Å². The summed E-state index contributed by atoms with van der Waals surface area (Å²) in [6.45, 7) is 4.81. The molecule has 1 saturated heterocycles. The molecule has 3 nitrogen and oxygen atoms in total. The highest BCUT2D eigenvalue weighted by Gasteiger charge is 2.48. The molecule has 1 fully saturated rings. The van der Waals surface area contributed by atoms with Gasteiger partial charge in [0.15, 0.2) is 22.4 Å². The fourth-order valence-electron chi connectivity index (χ4n) is 2.99. The minimum Gasteiger partial charge on any atom is -0.465 e. The minimum atomic E-state index is -0.606. The number of ether oxygens (including phenoxy) is 1. The number of hydrogen-bond acceptors (Lipinski definition) is 2. The van der Waals surface area contributed by atoms with Gasteiger partial charge in [0.1, 0.15) is 0 Å². The van der Waals surface area contributed by atoms with Gasteiger partial charge < -0.3 is 15.0 Å². The van der Waals surface area contributed by atoms with Gasteiger partial charge in [0, 0.05) is 23.6 Å². The number of fused-ring (bicyclic) bond motifs is 4. The van der Waals surface area contributed by atoms with E-state index in [0.717, 1.165) is 18.5 Å². The smallest absolute Gasteiger partial charge is 0.184 e. The van der Waals surface area contributed by atoms with E-state index in [1.807, 2.05) is 11.8 Å². The van der Waals surface area contributed by atoms with Crippen molar-refractivity contribution in [3.05, 3.63) is 28.5 Å². The zero-order valence-electron chi connectivity index (χ0n) is 11.4. The third kappa shape index (κ3) is 2.04. The van der Waals surface area contributed by atoms with Gasteiger partial charge in [-0.15, -0.1) is 0 Å². The highest BCUT2D eigenvalue weighted by atomic mass is 35.5. The van der Waals surface area contributed by atoms with Crippen LogP contribution in [0, 0.1) is 5.82 Å². The van der Waals surface area contributed by atoms with Crippen LogP contribution in [0.1, 0.15) is 38.3 Å². The lowest BCUT2D eigenvalue weighted by Crippen LogP contribution is -2.64. The summed E-state index contributed by atoms with van der Waals surface area (Å²) in [7, 11) is 0. The van der Waals surface area contributed by atoms with Crippen LogP contribution in [0.5, 0.6) is 5.75 Å². The second-order valence-electron chi connectivity index (χ2n) is 5.44. The molecule has 108 valence electrons. The van der Waals surface area contributed by atoms with Crippen LogP contribution in [0.4, 0.5) is 4.39 Å². The van der Waals surface area contributed by atoms with Crippen molar-refractivity contribution in [2.75, 3.05) is 6.54 Å². The summed E-state index contributed by atoms with van der Waals surface area (Å²) in [6, 6.07) is 2.97. The van der Waals surface area contributed by atoms with Crippen LogP contribution < -0.4 is 10.1 Å². The average molecular weight is 315 g/mol. The Balaban J connectivity index is 2.08. The summed E-state index contributed by atoms with van der Waals surface area (Å²) >= 11 is 11.4. The van der Waals surface area contributed by atoms with Crippen molar-refractivity contribution in [2.24, 2.45) is 0 Å².